The van der Waals surface area contributed by atoms with Gasteiger partial charge in [-0.05, 0) is 24.3 Å². The van der Waals surface area contributed by atoms with E-state index in [1.807, 2.05) is 0 Å². The molecule has 1 N–H and O–H groups in total. The summed E-state index contributed by atoms with van der Waals surface area (Å²) in [6, 6.07) is 8.58. The minimum Gasteiger partial charge on any atom is -0.434 e. The Kier molecular flexibility index (Phi) is 4.32. The molecular weight excluding hydrogens is 282 g/mol. The smallest absolute Gasteiger partial charge is 0.387 e. The number of nitrogens with one attached hydrogen (secondary N) is 1. The fourth-order valence-electron chi connectivity index (χ4n) is 1.74. The number of aryl methyl sites for hydroxylation is 1. The predicted molar refractivity (Wildman–Crippen MR) is 72.7 cm³/mol. The van der Waals surface area contributed by atoms with E-state index in [1.165, 1.54) is 48.1 Å². The van der Waals surface area contributed by atoms with Gasteiger partial charge in [0, 0.05) is 13.2 Å². The van der Waals surface area contributed by atoms with Crippen molar-refractivity contribution in [1.82, 2.24) is 4.57 Å². The molecule has 0 aliphatic rings. The average molecular weight is 294 g/mol. The molecule has 110 valence electrons. The molecule has 2 rings (SSSR count). The fraction of sp³-hybridized carbons (Fsp3) is 0.143. The molecule has 0 spiro atoms. The van der Waals surface area contributed by atoms with Gasteiger partial charge in [-0.25, -0.2) is 0 Å². The van der Waals surface area contributed by atoms with Crippen molar-refractivity contribution in [3.63, 3.8) is 0 Å². The highest BCUT2D eigenvalue weighted by atomic mass is 19.3. The summed E-state index contributed by atoms with van der Waals surface area (Å²) in [6.07, 6.45) is 1.53. The number of carbonyl (C=O) groups excluding carboxylic acids is 1. The fourth-order valence-corrected chi connectivity index (χ4v) is 1.74. The van der Waals surface area contributed by atoms with Crippen LogP contribution in [0, 0.1) is 0 Å². The Morgan fingerprint density at radius 1 is 1.24 bits per heavy atom. The highest BCUT2D eigenvalue weighted by Gasteiger charge is 2.16. The lowest BCUT2D eigenvalue weighted by Crippen LogP contribution is -2.24. The van der Waals surface area contributed by atoms with Gasteiger partial charge in [0.2, 0.25) is 0 Å². The third-order valence-corrected chi connectivity index (χ3v) is 2.72. The zero-order chi connectivity index (χ0) is 15.4. The van der Waals surface area contributed by atoms with E-state index in [-0.39, 0.29) is 17.0 Å². The van der Waals surface area contributed by atoms with E-state index in [0.29, 0.717) is 0 Å². The number of carbonyl (C=O) groups is 1. The van der Waals surface area contributed by atoms with Crippen LogP contribution in [0.15, 0.2) is 47.4 Å². The SMILES string of the molecule is Cn1cccc(NC(=O)c2ccccc2OC(F)F)c1=O. The maximum absolute atomic E-state index is 12.3. The molecule has 1 aromatic carbocycles. The molecule has 0 radical (unpaired) electrons. The number of amides is 1. The predicted octanol–water partition coefficient (Wildman–Crippen LogP) is 2.24. The van der Waals surface area contributed by atoms with Crippen molar-refractivity contribution in [1.29, 1.82) is 0 Å². The number of halogens is 2. The molecule has 0 saturated heterocycles. The lowest BCUT2D eigenvalue weighted by atomic mass is 10.2. The summed E-state index contributed by atoms with van der Waals surface area (Å²) >= 11 is 0. The first-order chi connectivity index (χ1) is 9.99. The molecule has 7 heteroatoms. The van der Waals surface area contributed by atoms with E-state index in [2.05, 4.69) is 10.1 Å². The van der Waals surface area contributed by atoms with Crippen molar-refractivity contribution < 1.29 is 18.3 Å². The van der Waals surface area contributed by atoms with Gasteiger partial charge in [0.25, 0.3) is 11.5 Å². The number of hydrogen-bond acceptors (Lipinski definition) is 3. The first-order valence-corrected chi connectivity index (χ1v) is 6.00. The number of aromatic nitrogens is 1. The van der Waals surface area contributed by atoms with Crippen LogP contribution in [-0.2, 0) is 7.05 Å². The number of benzene rings is 1. The summed E-state index contributed by atoms with van der Waals surface area (Å²) in [6.45, 7) is -3.04. The molecular formula is C14H12F2N2O3. The van der Waals surface area contributed by atoms with Crippen LogP contribution in [0.4, 0.5) is 14.5 Å². The van der Waals surface area contributed by atoms with Crippen LogP contribution in [0.25, 0.3) is 0 Å². The van der Waals surface area contributed by atoms with Gasteiger partial charge in [0.1, 0.15) is 11.4 Å². The van der Waals surface area contributed by atoms with Crippen LogP contribution < -0.4 is 15.6 Å². The molecule has 0 atom stereocenters. The third-order valence-electron chi connectivity index (χ3n) is 2.72. The van der Waals surface area contributed by atoms with Gasteiger partial charge in [0.15, 0.2) is 0 Å². The molecule has 1 amide bonds. The van der Waals surface area contributed by atoms with Crippen LogP contribution in [0.2, 0.25) is 0 Å². The topological polar surface area (TPSA) is 60.3 Å². The molecule has 0 saturated carbocycles. The standard InChI is InChI=1S/C14H12F2N2O3/c1-18-8-4-6-10(13(18)20)17-12(19)9-5-2-3-7-11(9)21-14(15)16/h2-8,14H,1H3,(H,17,19). The molecule has 0 aliphatic heterocycles. The van der Waals surface area contributed by atoms with Gasteiger partial charge in [-0.1, -0.05) is 12.1 Å². The van der Waals surface area contributed by atoms with Crippen molar-refractivity contribution in [2.75, 3.05) is 5.32 Å². The van der Waals surface area contributed by atoms with E-state index in [4.69, 9.17) is 0 Å². The molecule has 0 aliphatic carbocycles. The van der Waals surface area contributed by atoms with Gasteiger partial charge in [0.05, 0.1) is 5.56 Å². The van der Waals surface area contributed by atoms with Crippen LogP contribution in [0.5, 0.6) is 5.75 Å². The van der Waals surface area contributed by atoms with Crippen LogP contribution in [0.1, 0.15) is 10.4 Å². The number of para-hydroxylation sites is 1. The number of hydrogen-bond donors (Lipinski definition) is 1. The number of pyridine rings is 1. The van der Waals surface area contributed by atoms with Gasteiger partial charge in [-0.3, -0.25) is 9.59 Å². The highest BCUT2D eigenvalue weighted by molar-refractivity contribution is 6.06. The minimum atomic E-state index is -3.04. The Bertz CT molecular complexity index is 713. The second-order valence-electron chi connectivity index (χ2n) is 4.17. The first-order valence-electron chi connectivity index (χ1n) is 6.00. The van der Waals surface area contributed by atoms with E-state index in [0.717, 1.165) is 0 Å². The van der Waals surface area contributed by atoms with E-state index in [1.54, 1.807) is 6.07 Å². The molecule has 1 heterocycles. The molecule has 1 aromatic heterocycles. The summed E-state index contributed by atoms with van der Waals surface area (Å²) < 4.78 is 30.2. The maximum Gasteiger partial charge on any atom is 0.387 e. The molecule has 0 fully saturated rings. The number of anilines is 1. The molecule has 0 bridgehead atoms. The molecule has 2 aromatic rings. The molecule has 5 nitrogen and oxygen atoms in total. The van der Waals surface area contributed by atoms with Gasteiger partial charge in [-0.15, -0.1) is 0 Å². The Labute approximate surface area is 118 Å². The Morgan fingerprint density at radius 3 is 2.67 bits per heavy atom. The van der Waals surface area contributed by atoms with Gasteiger partial charge < -0.3 is 14.6 Å². The summed E-state index contributed by atoms with van der Waals surface area (Å²) in [7, 11) is 1.53. The zero-order valence-electron chi connectivity index (χ0n) is 11.0. The summed E-state index contributed by atoms with van der Waals surface area (Å²) in [5.74, 6) is -0.952. The van der Waals surface area contributed by atoms with Crippen molar-refractivity contribution >= 4 is 11.6 Å². The normalized spacial score (nSPS) is 10.5. The number of alkyl halides is 2. The van der Waals surface area contributed by atoms with Crippen molar-refractivity contribution in [2.45, 2.75) is 6.61 Å². The van der Waals surface area contributed by atoms with E-state index < -0.39 is 18.1 Å². The number of rotatable bonds is 4. The zero-order valence-corrected chi connectivity index (χ0v) is 11.0. The molecule has 0 unspecified atom stereocenters. The maximum atomic E-state index is 12.3. The second kappa shape index (κ2) is 6.17. The Hall–Kier alpha value is -2.70. The minimum absolute atomic E-state index is 0.0526. The Morgan fingerprint density at radius 2 is 1.95 bits per heavy atom. The summed E-state index contributed by atoms with van der Waals surface area (Å²) in [4.78, 5) is 23.9. The average Bonchev–Trinajstić information content (AvgIpc) is 2.44. The van der Waals surface area contributed by atoms with E-state index in [9.17, 15) is 18.4 Å². The van der Waals surface area contributed by atoms with E-state index >= 15 is 0 Å². The lowest BCUT2D eigenvalue weighted by molar-refractivity contribution is -0.0501. The lowest BCUT2D eigenvalue weighted by Gasteiger charge is -2.10. The third kappa shape index (κ3) is 3.44. The largest absolute Gasteiger partial charge is 0.434 e. The van der Waals surface area contributed by atoms with Gasteiger partial charge >= 0.3 is 6.61 Å². The van der Waals surface area contributed by atoms with Crippen molar-refractivity contribution in [3.8, 4) is 5.75 Å². The molecule has 21 heavy (non-hydrogen) atoms. The monoisotopic (exact) mass is 294 g/mol. The van der Waals surface area contributed by atoms with Crippen LogP contribution in [0.3, 0.4) is 0 Å². The van der Waals surface area contributed by atoms with Crippen LogP contribution >= 0.6 is 0 Å². The Balaban J connectivity index is 2.29. The number of nitrogens with zero attached hydrogens (tertiary/aromatic N) is 1. The quantitative estimate of drug-likeness (QED) is 0.940. The van der Waals surface area contributed by atoms with Crippen molar-refractivity contribution in [2.24, 2.45) is 7.05 Å². The van der Waals surface area contributed by atoms with Crippen LogP contribution in [-0.4, -0.2) is 17.1 Å². The number of ether oxygens (including phenoxy) is 1. The summed E-state index contributed by atoms with van der Waals surface area (Å²) in [5.41, 5.74) is -0.432. The van der Waals surface area contributed by atoms with Gasteiger partial charge in [-0.2, -0.15) is 8.78 Å². The first kappa shape index (κ1) is 14.7. The summed E-state index contributed by atoms with van der Waals surface area (Å²) in [5, 5.41) is 2.38. The van der Waals surface area contributed by atoms with Crippen molar-refractivity contribution in [3.05, 3.63) is 58.5 Å². The second-order valence-corrected chi connectivity index (χ2v) is 4.17. The highest BCUT2D eigenvalue weighted by Crippen LogP contribution is 2.21.